The Kier molecular flexibility index (Phi) is 4.16. The van der Waals surface area contributed by atoms with Crippen molar-refractivity contribution in [2.45, 2.75) is 18.4 Å². The van der Waals surface area contributed by atoms with Gasteiger partial charge in [-0.1, -0.05) is 12.1 Å². The summed E-state index contributed by atoms with van der Waals surface area (Å²) in [6.07, 6.45) is 0. The number of aromatic nitrogens is 1. The Morgan fingerprint density at radius 1 is 1.21 bits per heavy atom. The number of fused-ring (bicyclic) bond motifs is 1. The Morgan fingerprint density at radius 3 is 2.58 bits per heavy atom. The average Bonchev–Trinajstić information content (AvgIpc) is 2.91. The van der Waals surface area contributed by atoms with E-state index in [1.54, 1.807) is 44.4 Å². The van der Waals surface area contributed by atoms with Gasteiger partial charge >= 0.3 is 5.76 Å². The molecule has 1 heterocycles. The van der Waals surface area contributed by atoms with E-state index in [2.05, 4.69) is 9.71 Å². The van der Waals surface area contributed by atoms with Gasteiger partial charge < -0.3 is 9.15 Å². The molecular formula is C16H16N2O5S. The Labute approximate surface area is 138 Å². The summed E-state index contributed by atoms with van der Waals surface area (Å²) in [7, 11) is -2.18. The Balaban J connectivity index is 1.86. The molecule has 1 aromatic heterocycles. The van der Waals surface area contributed by atoms with Gasteiger partial charge in [0.1, 0.15) is 5.75 Å². The third-order valence-corrected chi connectivity index (χ3v) is 5.17. The smallest absolute Gasteiger partial charge is 0.417 e. The Bertz CT molecular complexity index is 1030. The zero-order valence-corrected chi connectivity index (χ0v) is 13.9. The van der Waals surface area contributed by atoms with E-state index in [9.17, 15) is 13.2 Å². The number of H-pyrrole nitrogens is 1. The number of hydrogen-bond acceptors (Lipinski definition) is 5. The maximum Gasteiger partial charge on any atom is 0.417 e. The summed E-state index contributed by atoms with van der Waals surface area (Å²) < 4.78 is 37.6. The molecule has 2 aromatic carbocycles. The zero-order chi connectivity index (χ0) is 17.3. The van der Waals surface area contributed by atoms with Crippen LogP contribution in [0.2, 0.25) is 0 Å². The van der Waals surface area contributed by atoms with Gasteiger partial charge in [-0.05, 0) is 36.2 Å². The van der Waals surface area contributed by atoms with E-state index in [0.717, 1.165) is 5.56 Å². The second kappa shape index (κ2) is 6.14. The highest BCUT2D eigenvalue weighted by Crippen LogP contribution is 2.21. The van der Waals surface area contributed by atoms with E-state index in [1.807, 2.05) is 0 Å². The number of ether oxygens (including phenoxy) is 1. The second-order valence-electron chi connectivity index (χ2n) is 5.30. The predicted octanol–water partition coefficient (Wildman–Crippen LogP) is 1.92. The summed E-state index contributed by atoms with van der Waals surface area (Å²) in [5.41, 5.74) is 1.98. The molecule has 0 saturated heterocycles. The van der Waals surface area contributed by atoms with Crippen LogP contribution >= 0.6 is 0 Å². The fourth-order valence-electron chi connectivity index (χ4n) is 2.38. The van der Waals surface area contributed by atoms with Crippen molar-refractivity contribution >= 4 is 21.1 Å². The van der Waals surface area contributed by atoms with Gasteiger partial charge in [-0.2, -0.15) is 0 Å². The first-order valence-electron chi connectivity index (χ1n) is 7.15. The lowest BCUT2D eigenvalue weighted by Crippen LogP contribution is -2.24. The van der Waals surface area contributed by atoms with Crippen molar-refractivity contribution in [2.75, 3.05) is 7.11 Å². The lowest BCUT2D eigenvalue weighted by Gasteiger charge is -2.09. The standard InChI is InChI=1S/C16H16N2O5S/c1-10-7-13-14(23-16(19)18-13)8-15(10)24(20,21)17-9-11-3-5-12(22-2)6-4-11/h3-8,17H,9H2,1-2H3,(H,18,19). The molecule has 0 aliphatic rings. The first kappa shape index (κ1) is 16.3. The maximum atomic E-state index is 12.5. The molecule has 2 N–H and O–H groups in total. The summed E-state index contributed by atoms with van der Waals surface area (Å²) >= 11 is 0. The fraction of sp³-hybridized carbons (Fsp3) is 0.188. The maximum absolute atomic E-state index is 12.5. The SMILES string of the molecule is COc1ccc(CNS(=O)(=O)c2cc3oc(=O)[nH]c3cc2C)cc1. The van der Waals surface area contributed by atoms with Crippen molar-refractivity contribution in [1.82, 2.24) is 9.71 Å². The van der Waals surface area contributed by atoms with Crippen LogP contribution in [-0.4, -0.2) is 20.5 Å². The molecule has 0 radical (unpaired) electrons. The molecule has 3 aromatic rings. The quantitative estimate of drug-likeness (QED) is 0.733. The van der Waals surface area contributed by atoms with Crippen molar-refractivity contribution in [1.29, 1.82) is 0 Å². The molecule has 24 heavy (non-hydrogen) atoms. The highest BCUT2D eigenvalue weighted by atomic mass is 32.2. The number of methoxy groups -OCH3 is 1. The Morgan fingerprint density at radius 2 is 1.92 bits per heavy atom. The van der Waals surface area contributed by atoms with Crippen LogP contribution in [0.1, 0.15) is 11.1 Å². The third-order valence-electron chi connectivity index (χ3n) is 3.63. The lowest BCUT2D eigenvalue weighted by molar-refractivity contribution is 0.414. The summed E-state index contributed by atoms with van der Waals surface area (Å²) in [5, 5.41) is 0. The van der Waals surface area contributed by atoms with Crippen LogP contribution in [-0.2, 0) is 16.6 Å². The van der Waals surface area contributed by atoms with Crippen molar-refractivity contribution in [2.24, 2.45) is 0 Å². The van der Waals surface area contributed by atoms with Crippen molar-refractivity contribution in [3.05, 3.63) is 58.1 Å². The molecule has 0 saturated carbocycles. The molecule has 7 nitrogen and oxygen atoms in total. The molecule has 0 atom stereocenters. The first-order valence-corrected chi connectivity index (χ1v) is 8.63. The van der Waals surface area contributed by atoms with Crippen molar-refractivity contribution in [3.63, 3.8) is 0 Å². The summed E-state index contributed by atoms with van der Waals surface area (Å²) in [6, 6.07) is 10.00. The predicted molar refractivity (Wildman–Crippen MR) is 88.6 cm³/mol. The van der Waals surface area contributed by atoms with E-state index in [4.69, 9.17) is 9.15 Å². The largest absolute Gasteiger partial charge is 0.497 e. The number of nitrogens with one attached hydrogen (secondary N) is 2. The van der Waals surface area contributed by atoms with Crippen molar-refractivity contribution < 1.29 is 17.6 Å². The minimum absolute atomic E-state index is 0.0752. The van der Waals surface area contributed by atoms with Gasteiger partial charge in [0.25, 0.3) is 0 Å². The average molecular weight is 348 g/mol. The van der Waals surface area contributed by atoms with E-state index in [0.29, 0.717) is 16.8 Å². The number of rotatable bonds is 5. The van der Waals surface area contributed by atoms with E-state index in [1.165, 1.54) is 6.07 Å². The number of aryl methyl sites for hydroxylation is 1. The van der Waals surface area contributed by atoms with Gasteiger partial charge in [0.05, 0.1) is 17.5 Å². The second-order valence-corrected chi connectivity index (χ2v) is 7.04. The summed E-state index contributed by atoms with van der Waals surface area (Å²) in [4.78, 5) is 13.8. The van der Waals surface area contributed by atoms with Crippen molar-refractivity contribution in [3.8, 4) is 5.75 Å². The van der Waals surface area contributed by atoms with Gasteiger partial charge in [-0.15, -0.1) is 0 Å². The van der Waals surface area contributed by atoms with Gasteiger partial charge in [0.2, 0.25) is 10.0 Å². The van der Waals surface area contributed by atoms with Gasteiger partial charge in [-0.25, -0.2) is 17.9 Å². The topological polar surface area (TPSA) is 101 Å². The van der Waals surface area contributed by atoms with Crippen LogP contribution in [0.25, 0.3) is 11.1 Å². The monoisotopic (exact) mass is 348 g/mol. The Hall–Kier alpha value is -2.58. The van der Waals surface area contributed by atoms with Crippen LogP contribution in [0.3, 0.4) is 0 Å². The van der Waals surface area contributed by atoms with Crippen LogP contribution in [0, 0.1) is 6.92 Å². The highest BCUT2D eigenvalue weighted by molar-refractivity contribution is 7.89. The molecule has 0 amide bonds. The number of benzene rings is 2. The summed E-state index contributed by atoms with van der Waals surface area (Å²) in [5.74, 6) is 0.0792. The molecular weight excluding hydrogens is 332 g/mol. The van der Waals surface area contributed by atoms with E-state index >= 15 is 0 Å². The minimum Gasteiger partial charge on any atom is -0.497 e. The normalized spacial score (nSPS) is 11.8. The molecule has 0 spiro atoms. The number of sulfonamides is 1. The molecule has 8 heteroatoms. The molecule has 126 valence electrons. The minimum atomic E-state index is -3.74. The van der Waals surface area contributed by atoms with Gasteiger partial charge in [-0.3, -0.25) is 4.98 Å². The summed E-state index contributed by atoms with van der Waals surface area (Å²) in [6.45, 7) is 1.80. The number of hydrogen-bond donors (Lipinski definition) is 2. The van der Waals surface area contributed by atoms with E-state index in [-0.39, 0.29) is 17.0 Å². The zero-order valence-electron chi connectivity index (χ0n) is 13.1. The molecule has 0 aliphatic heterocycles. The number of oxazole rings is 1. The molecule has 0 aliphatic carbocycles. The molecule has 0 unspecified atom stereocenters. The fourth-order valence-corrected chi connectivity index (χ4v) is 3.63. The molecule has 0 bridgehead atoms. The van der Waals surface area contributed by atoms with Crippen LogP contribution < -0.4 is 15.2 Å². The van der Waals surface area contributed by atoms with Gasteiger partial charge in [0.15, 0.2) is 5.58 Å². The molecule has 0 fully saturated rings. The first-order chi connectivity index (χ1) is 11.4. The lowest BCUT2D eigenvalue weighted by atomic mass is 10.2. The van der Waals surface area contributed by atoms with Crippen LogP contribution in [0.5, 0.6) is 5.75 Å². The third kappa shape index (κ3) is 3.19. The van der Waals surface area contributed by atoms with Crippen LogP contribution in [0.4, 0.5) is 0 Å². The van der Waals surface area contributed by atoms with Gasteiger partial charge in [0, 0.05) is 12.6 Å². The van der Waals surface area contributed by atoms with Crippen LogP contribution in [0.15, 0.2) is 50.5 Å². The molecule has 3 rings (SSSR count). The highest BCUT2D eigenvalue weighted by Gasteiger charge is 2.19. The number of aromatic amines is 1. The van der Waals surface area contributed by atoms with E-state index < -0.39 is 15.8 Å².